The quantitative estimate of drug-likeness (QED) is 0.673. The van der Waals surface area contributed by atoms with E-state index in [0.717, 1.165) is 38.8 Å². The van der Waals surface area contributed by atoms with E-state index in [1.807, 2.05) is 0 Å². The molecule has 0 radical (unpaired) electrons. The molecule has 14 heavy (non-hydrogen) atoms. The lowest BCUT2D eigenvalue weighted by atomic mass is 10.0. The molecule has 2 aliphatic rings. The maximum absolute atomic E-state index is 11.9. The van der Waals surface area contributed by atoms with Gasteiger partial charge in [-0.3, -0.25) is 9.63 Å². The van der Waals surface area contributed by atoms with E-state index in [1.165, 1.54) is 6.42 Å². The maximum atomic E-state index is 11.9. The molecule has 1 amide bonds. The zero-order valence-electron chi connectivity index (χ0n) is 8.50. The normalized spacial score (nSPS) is 28.9. The van der Waals surface area contributed by atoms with Crippen LogP contribution in [-0.4, -0.2) is 36.7 Å². The summed E-state index contributed by atoms with van der Waals surface area (Å²) in [5.74, 6) is 0.129. The Hall–Kier alpha value is -0.610. The molecule has 2 saturated heterocycles. The number of rotatable bonds is 1. The summed E-state index contributed by atoms with van der Waals surface area (Å²) in [5, 5.41) is 4.79. The fourth-order valence-corrected chi connectivity index (χ4v) is 2.01. The highest BCUT2D eigenvalue weighted by atomic mass is 16.7. The van der Waals surface area contributed by atoms with Gasteiger partial charge < -0.3 is 5.32 Å². The summed E-state index contributed by atoms with van der Waals surface area (Å²) in [6.07, 6.45) is 5.43. The van der Waals surface area contributed by atoms with Gasteiger partial charge in [-0.2, -0.15) is 0 Å². The summed E-state index contributed by atoms with van der Waals surface area (Å²) in [6, 6.07) is 0.00171. The van der Waals surface area contributed by atoms with Crippen LogP contribution in [0.4, 0.5) is 0 Å². The Labute approximate surface area is 84.6 Å². The fraction of sp³-hybridized carbons (Fsp3) is 0.900. The van der Waals surface area contributed by atoms with Crippen molar-refractivity contribution in [2.45, 2.75) is 38.1 Å². The Bertz CT molecular complexity index is 176. The van der Waals surface area contributed by atoms with Crippen LogP contribution in [0.3, 0.4) is 0 Å². The Morgan fingerprint density at radius 1 is 1.29 bits per heavy atom. The topological polar surface area (TPSA) is 41.6 Å². The summed E-state index contributed by atoms with van der Waals surface area (Å²) in [6.45, 7) is 2.42. The van der Waals surface area contributed by atoms with E-state index in [0.29, 0.717) is 6.61 Å². The minimum atomic E-state index is 0.00171. The Morgan fingerprint density at radius 3 is 2.86 bits per heavy atom. The molecule has 2 fully saturated rings. The molecule has 4 nitrogen and oxygen atoms in total. The van der Waals surface area contributed by atoms with Crippen LogP contribution >= 0.6 is 0 Å². The average molecular weight is 198 g/mol. The highest BCUT2D eigenvalue weighted by Crippen LogP contribution is 2.13. The van der Waals surface area contributed by atoms with Crippen molar-refractivity contribution in [1.29, 1.82) is 0 Å². The van der Waals surface area contributed by atoms with E-state index in [4.69, 9.17) is 4.84 Å². The first kappa shape index (κ1) is 9.93. The lowest BCUT2D eigenvalue weighted by Crippen LogP contribution is -2.49. The van der Waals surface area contributed by atoms with Crippen LogP contribution in [0.1, 0.15) is 32.1 Å². The standard InChI is InChI=1S/C10H18N2O2/c13-10(9-5-1-2-6-11-9)12-7-3-4-8-14-12/h9,11H,1-8H2. The van der Waals surface area contributed by atoms with Crippen molar-refractivity contribution < 1.29 is 9.63 Å². The Kier molecular flexibility index (Phi) is 3.37. The average Bonchev–Trinajstić information content (AvgIpc) is 2.30. The lowest BCUT2D eigenvalue weighted by molar-refractivity contribution is -0.199. The molecule has 0 aliphatic carbocycles. The smallest absolute Gasteiger partial charge is 0.263 e. The molecule has 4 heteroatoms. The second-order valence-corrected chi connectivity index (χ2v) is 3.98. The van der Waals surface area contributed by atoms with Crippen LogP contribution in [0.2, 0.25) is 0 Å². The molecule has 0 aromatic rings. The van der Waals surface area contributed by atoms with E-state index in [9.17, 15) is 4.79 Å². The zero-order valence-corrected chi connectivity index (χ0v) is 8.50. The molecule has 0 aromatic heterocycles. The fourth-order valence-electron chi connectivity index (χ4n) is 2.01. The highest BCUT2D eigenvalue weighted by Gasteiger charge is 2.27. The highest BCUT2D eigenvalue weighted by molar-refractivity contribution is 5.81. The lowest BCUT2D eigenvalue weighted by Gasteiger charge is -2.31. The zero-order chi connectivity index (χ0) is 9.80. The minimum Gasteiger partial charge on any atom is -0.306 e. The minimum absolute atomic E-state index is 0.00171. The molecule has 2 aliphatic heterocycles. The van der Waals surface area contributed by atoms with E-state index in [2.05, 4.69) is 5.32 Å². The predicted molar refractivity (Wildman–Crippen MR) is 52.5 cm³/mol. The van der Waals surface area contributed by atoms with E-state index < -0.39 is 0 Å². The molecule has 0 aromatic carbocycles. The molecule has 0 bridgehead atoms. The van der Waals surface area contributed by atoms with Gasteiger partial charge in [-0.1, -0.05) is 6.42 Å². The van der Waals surface area contributed by atoms with E-state index in [1.54, 1.807) is 5.06 Å². The van der Waals surface area contributed by atoms with Crippen LogP contribution in [0.15, 0.2) is 0 Å². The van der Waals surface area contributed by atoms with Crippen molar-refractivity contribution in [3.05, 3.63) is 0 Å². The number of hydrogen-bond acceptors (Lipinski definition) is 3. The number of carbonyl (C=O) groups excluding carboxylic acids is 1. The van der Waals surface area contributed by atoms with Crippen molar-refractivity contribution in [1.82, 2.24) is 10.4 Å². The number of amides is 1. The first-order valence-corrected chi connectivity index (χ1v) is 5.55. The van der Waals surface area contributed by atoms with Gasteiger partial charge in [-0.15, -0.1) is 0 Å². The van der Waals surface area contributed by atoms with Crippen molar-refractivity contribution >= 4 is 5.91 Å². The van der Waals surface area contributed by atoms with Crippen molar-refractivity contribution in [3.63, 3.8) is 0 Å². The van der Waals surface area contributed by atoms with Crippen LogP contribution in [0.5, 0.6) is 0 Å². The number of piperidine rings is 1. The molecule has 1 unspecified atom stereocenters. The van der Waals surface area contributed by atoms with E-state index in [-0.39, 0.29) is 11.9 Å². The van der Waals surface area contributed by atoms with Gasteiger partial charge >= 0.3 is 0 Å². The third-order valence-electron chi connectivity index (χ3n) is 2.86. The van der Waals surface area contributed by atoms with Crippen LogP contribution in [-0.2, 0) is 9.63 Å². The third kappa shape index (κ3) is 2.25. The molecular formula is C10H18N2O2. The van der Waals surface area contributed by atoms with E-state index >= 15 is 0 Å². The van der Waals surface area contributed by atoms with Crippen LogP contribution < -0.4 is 5.32 Å². The molecule has 1 N–H and O–H groups in total. The van der Waals surface area contributed by atoms with Gasteiger partial charge in [0.2, 0.25) is 0 Å². The van der Waals surface area contributed by atoms with Gasteiger partial charge in [-0.05, 0) is 32.2 Å². The number of nitrogens with zero attached hydrogens (tertiary/aromatic N) is 1. The van der Waals surface area contributed by atoms with Crippen molar-refractivity contribution in [3.8, 4) is 0 Å². The second kappa shape index (κ2) is 4.75. The molecule has 2 heterocycles. The second-order valence-electron chi connectivity index (χ2n) is 3.98. The van der Waals surface area contributed by atoms with Gasteiger partial charge in [0.1, 0.15) is 0 Å². The van der Waals surface area contributed by atoms with Gasteiger partial charge in [-0.25, -0.2) is 5.06 Å². The maximum Gasteiger partial charge on any atom is 0.263 e. The van der Waals surface area contributed by atoms with Gasteiger partial charge in [0.05, 0.1) is 12.6 Å². The van der Waals surface area contributed by atoms with Crippen LogP contribution in [0, 0.1) is 0 Å². The van der Waals surface area contributed by atoms with Gasteiger partial charge in [0, 0.05) is 6.54 Å². The summed E-state index contributed by atoms with van der Waals surface area (Å²) >= 11 is 0. The molecule has 1 atom stereocenters. The number of nitrogens with one attached hydrogen (secondary N) is 1. The molecular weight excluding hydrogens is 180 g/mol. The molecule has 80 valence electrons. The largest absolute Gasteiger partial charge is 0.306 e. The summed E-state index contributed by atoms with van der Waals surface area (Å²) < 4.78 is 0. The first-order valence-electron chi connectivity index (χ1n) is 5.55. The van der Waals surface area contributed by atoms with Gasteiger partial charge in [0.15, 0.2) is 0 Å². The van der Waals surface area contributed by atoms with Crippen LogP contribution in [0.25, 0.3) is 0 Å². The van der Waals surface area contributed by atoms with Crippen molar-refractivity contribution in [2.75, 3.05) is 19.7 Å². The third-order valence-corrected chi connectivity index (χ3v) is 2.86. The number of hydrogen-bond donors (Lipinski definition) is 1. The number of hydroxylamine groups is 2. The summed E-state index contributed by atoms with van der Waals surface area (Å²) in [4.78, 5) is 17.2. The Morgan fingerprint density at radius 2 is 2.21 bits per heavy atom. The summed E-state index contributed by atoms with van der Waals surface area (Å²) in [7, 11) is 0. The van der Waals surface area contributed by atoms with Crippen molar-refractivity contribution in [2.24, 2.45) is 0 Å². The molecule has 0 spiro atoms. The summed E-state index contributed by atoms with van der Waals surface area (Å²) in [5.41, 5.74) is 0. The molecule has 2 rings (SSSR count). The first-order chi connectivity index (χ1) is 6.88. The molecule has 0 saturated carbocycles. The SMILES string of the molecule is O=C(C1CCCCN1)N1CCCCO1. The predicted octanol–water partition coefficient (Wildman–Crippen LogP) is 0.682. The Balaban J connectivity index is 1.85. The monoisotopic (exact) mass is 198 g/mol. The van der Waals surface area contributed by atoms with Gasteiger partial charge in [0.25, 0.3) is 5.91 Å². The number of carbonyl (C=O) groups is 1.